The van der Waals surface area contributed by atoms with Crippen molar-refractivity contribution in [3.63, 3.8) is 0 Å². The zero-order valence-electron chi connectivity index (χ0n) is 79.2. The first-order valence-electron chi connectivity index (χ1n) is 41.5. The van der Waals surface area contributed by atoms with Crippen molar-refractivity contribution in [3.05, 3.63) is 69.6 Å². The minimum absolute atomic E-state index is 0.0593. The highest BCUT2D eigenvalue weighted by molar-refractivity contribution is 5.52. The molecule has 0 bridgehead atoms. The Kier molecular flexibility index (Phi) is 7.58. The van der Waals surface area contributed by atoms with E-state index < -0.39 is 279 Å². The average Bonchev–Trinajstić information content (AvgIpc) is 0.665. The van der Waals surface area contributed by atoms with Crippen molar-refractivity contribution in [3.8, 4) is 34.5 Å². The minimum Gasteiger partial charge on any atom is -0.493 e. The highest BCUT2D eigenvalue weighted by Gasteiger charge is 2.41. The van der Waals surface area contributed by atoms with Crippen LogP contribution < -0.4 is 28.4 Å². The van der Waals surface area contributed by atoms with Crippen LogP contribution in [0.25, 0.3) is 0 Å². The summed E-state index contributed by atoms with van der Waals surface area (Å²) in [5.74, 6) is -14.0. The Labute approximate surface area is 469 Å². The minimum atomic E-state index is -3.61. The van der Waals surface area contributed by atoms with E-state index >= 15 is 0 Å². The van der Waals surface area contributed by atoms with Crippen LogP contribution in [-0.4, -0.2) is 130 Å². The van der Waals surface area contributed by atoms with E-state index in [9.17, 15) is 15.3 Å². The molecule has 3 aromatic carbocycles. The highest BCUT2D eigenvalue weighted by Crippen LogP contribution is 2.47. The third-order valence-electron chi connectivity index (χ3n) is 10.8. The fourth-order valence-electron chi connectivity index (χ4n) is 7.65. The predicted octanol–water partition coefficient (Wildman–Crippen LogP) is 9.09. The van der Waals surface area contributed by atoms with E-state index in [0.29, 0.717) is 0 Å². The molecule has 0 aromatic heterocycles. The van der Waals surface area contributed by atoms with Gasteiger partial charge in [-0.2, -0.15) is 0 Å². The first kappa shape index (κ1) is 22.1. The standard InChI is InChI=1S/3C19H29NO3/c3*1-12(2)7-14-11-20-6-5-13-8-18(22-3)19(23-4)9-15(13)16(20)10-17(14)21/h3*8-9,12,14,16-17,21H,5-7,10-11H2,1-4H3/i4D3,5D2,6D2,8D,9D,10D2,11D2,14D,17D;2*5D2,6D2,8D,9D,10D2,11D2,14D,17D. The average molecular weight is 998 g/mol. The lowest BCUT2D eigenvalue weighted by atomic mass is 9.79. The maximum absolute atomic E-state index is 11.3. The molecule has 6 aliphatic rings. The number of piperidine rings is 3. The predicted molar refractivity (Wildman–Crippen MR) is 273 cm³/mol. The Bertz CT molecular complexity index is 3860. The molecule has 0 radical (unpaired) electrons. The van der Waals surface area contributed by atoms with Gasteiger partial charge in [-0.25, -0.2) is 0 Å². The smallest absolute Gasteiger partial charge is 0.161 e. The van der Waals surface area contributed by atoms with E-state index in [4.69, 9.17) is 81.9 Å². The molecule has 12 nitrogen and oxygen atoms in total. The monoisotopic (exact) mass is 997 g/mol. The summed E-state index contributed by atoms with van der Waals surface area (Å²) in [6, 6.07) is -11.9. The van der Waals surface area contributed by atoms with Crippen LogP contribution in [0.1, 0.15) is 185 Å². The van der Waals surface area contributed by atoms with Gasteiger partial charge in [-0.15, -0.1) is 0 Å². The molecule has 6 heterocycles. The summed E-state index contributed by atoms with van der Waals surface area (Å²) in [6.45, 7) is -11.0. The van der Waals surface area contributed by atoms with Crippen molar-refractivity contribution in [1.82, 2.24) is 14.7 Å². The molecule has 6 aliphatic heterocycles. The van der Waals surface area contributed by atoms with Crippen molar-refractivity contribution in [2.45, 2.75) is 135 Å². The summed E-state index contributed by atoms with van der Waals surface area (Å²) in [5.41, 5.74) is -4.72. The molecule has 3 fully saturated rings. The van der Waals surface area contributed by atoms with Crippen LogP contribution in [0, 0.1) is 35.4 Å². The molecule has 0 amide bonds. The van der Waals surface area contributed by atoms with Crippen LogP contribution in [0.3, 0.4) is 0 Å². The Morgan fingerprint density at radius 1 is 0.493 bits per heavy atom. The molecule has 3 N–H and O–H groups in total. The fraction of sp³-hybridized carbons (Fsp3) is 0.684. The molecule has 9 unspecified atom stereocenters. The lowest BCUT2D eigenvalue weighted by Gasteiger charge is -2.46. The van der Waals surface area contributed by atoms with E-state index in [0.717, 1.165) is 35.5 Å². The summed E-state index contributed by atoms with van der Waals surface area (Å²) in [6.07, 6.45) is -32.2. The van der Waals surface area contributed by atoms with Crippen LogP contribution in [0.5, 0.6) is 34.5 Å². The molecule has 384 valence electrons. The van der Waals surface area contributed by atoms with Crippen molar-refractivity contribution >= 4 is 0 Å². The number of hydrogen-bond acceptors (Lipinski definition) is 12. The van der Waals surface area contributed by atoms with Gasteiger partial charge in [-0.3, -0.25) is 14.7 Å². The van der Waals surface area contributed by atoms with E-state index in [1.54, 1.807) is 27.7 Å². The lowest BCUT2D eigenvalue weighted by Crippen LogP contribution is -2.48. The van der Waals surface area contributed by atoms with Gasteiger partial charge in [0.1, 0.15) is 0 Å². The highest BCUT2D eigenvalue weighted by atomic mass is 16.5. The number of nitrogens with zero attached hydrogens (tertiary/aromatic N) is 3. The van der Waals surface area contributed by atoms with Crippen molar-refractivity contribution < 1.29 is 97.2 Å². The van der Waals surface area contributed by atoms with Gasteiger partial charge in [0.2, 0.25) is 0 Å². The van der Waals surface area contributed by atoms with Gasteiger partial charge in [0, 0.05) is 94.1 Å². The molecule has 0 aliphatic carbocycles. The second kappa shape index (κ2) is 23.6. The maximum atomic E-state index is 11.3. The van der Waals surface area contributed by atoms with E-state index in [1.807, 2.05) is 0 Å². The number of hydrogen-bond donors (Lipinski definition) is 3. The molecular formula is C57H87N3O9. The van der Waals surface area contributed by atoms with E-state index in [2.05, 4.69) is 0 Å². The third-order valence-corrected chi connectivity index (χ3v) is 10.8. The van der Waals surface area contributed by atoms with Crippen LogP contribution in [0.2, 0.25) is 0 Å². The topological polar surface area (TPSA) is 126 Å². The molecular weight excluding hydrogens is 871 g/mol. The van der Waals surface area contributed by atoms with Crippen molar-refractivity contribution in [1.29, 1.82) is 0 Å². The van der Waals surface area contributed by atoms with Crippen LogP contribution >= 0.6 is 0 Å². The van der Waals surface area contributed by atoms with Crippen molar-refractivity contribution in [2.75, 3.05) is 81.6 Å². The van der Waals surface area contributed by atoms with Crippen molar-refractivity contribution in [2.24, 2.45) is 35.4 Å². The molecule has 69 heavy (non-hydrogen) atoms. The Balaban J connectivity index is 0.000000226. The first-order chi connectivity index (χ1) is 48.0. The normalized spacial score (nSPS) is 51.1. The van der Waals surface area contributed by atoms with E-state index in [1.165, 1.54) is 13.8 Å². The van der Waals surface area contributed by atoms with E-state index in [-0.39, 0.29) is 14.7 Å². The summed E-state index contributed by atoms with van der Waals surface area (Å²) < 4.78 is 366. The van der Waals surface area contributed by atoms with Crippen LogP contribution in [0.4, 0.5) is 0 Å². The number of aliphatic hydroxyl groups is 3. The first-order valence-corrected chi connectivity index (χ1v) is 22.0. The van der Waals surface area contributed by atoms with Gasteiger partial charge in [-0.05, 0) is 163 Å². The number of methoxy groups -OCH3 is 6. The number of rotatable bonds is 12. The largest absolute Gasteiger partial charge is 0.493 e. The Hall–Kier alpha value is -3.78. The molecule has 9 atom stereocenters. The molecule has 12 heteroatoms. The lowest BCUT2D eigenvalue weighted by molar-refractivity contribution is -0.0192. The summed E-state index contributed by atoms with van der Waals surface area (Å²) in [4.78, 5) is 0.429. The summed E-state index contributed by atoms with van der Waals surface area (Å²) in [7, 11) is 2.25. The number of fused-ring (bicyclic) bond motifs is 9. The molecule has 3 saturated heterocycles. The second-order valence-electron chi connectivity index (χ2n) is 17.3. The fourth-order valence-corrected chi connectivity index (χ4v) is 7.65. The molecule has 3 aromatic rings. The van der Waals surface area contributed by atoms with Gasteiger partial charge >= 0.3 is 0 Å². The molecule has 0 spiro atoms. The summed E-state index contributed by atoms with van der Waals surface area (Å²) >= 11 is 0. The van der Waals surface area contributed by atoms with Gasteiger partial charge < -0.3 is 43.7 Å². The second-order valence-corrected chi connectivity index (χ2v) is 17.3. The third kappa shape index (κ3) is 12.1. The van der Waals surface area contributed by atoms with Gasteiger partial charge in [0.05, 0.1) is 77.3 Å². The van der Waals surface area contributed by atoms with Gasteiger partial charge in [0.15, 0.2) is 34.5 Å². The zero-order valence-corrected chi connectivity index (χ0v) is 40.2. The van der Waals surface area contributed by atoms with Gasteiger partial charge in [0.25, 0.3) is 0 Å². The zero-order chi connectivity index (χ0) is 84.5. The van der Waals surface area contributed by atoms with Crippen LogP contribution in [0.15, 0.2) is 36.3 Å². The Morgan fingerprint density at radius 3 is 1.00 bits per heavy atom. The maximum Gasteiger partial charge on any atom is 0.161 e. The summed E-state index contributed by atoms with van der Waals surface area (Å²) in [5, 5.41) is 33.7. The van der Waals surface area contributed by atoms with Crippen LogP contribution in [-0.2, 0) is 19.1 Å². The molecule has 9 rings (SSSR count). The number of ether oxygens (including phenoxy) is 6. The quantitative estimate of drug-likeness (QED) is 0.160. The molecule has 0 saturated carbocycles. The Morgan fingerprint density at radius 2 is 0.754 bits per heavy atom. The van der Waals surface area contributed by atoms with Gasteiger partial charge in [-0.1, -0.05) is 41.5 Å². The number of benzene rings is 3. The SMILES string of the molecule is [2H]c1c(OC([2H])([2H])[2H])c(OC)c([2H])c2c1C1N(C([2H])([2H])C2([2H])[2H])C([2H])([2H])C([2H])(CC(C)C)C([2H])(O)C1([2H])[2H].[2H]c1c(OC)c(OC)c([2H])c2c1C1N(C([2H])([2H])C2([2H])[2H])C([2H])([2H])C([2H])(CC(C)C)C([2H])(O)C1([2H])[2H].[2H]c1c(OC)c(OC)c([2H])c2c1C1N(C([2H])([2H])C2([2H])[2H])C([2H])([2H])C([2H])(CC(C)C)C([2H])(O)C1([2H])[2H].